The summed E-state index contributed by atoms with van der Waals surface area (Å²) in [5.41, 5.74) is 0.706. The van der Waals surface area contributed by atoms with Crippen molar-refractivity contribution in [1.82, 2.24) is 4.31 Å². The monoisotopic (exact) mass is 444 g/mol. The van der Waals surface area contributed by atoms with Gasteiger partial charge >= 0.3 is 0 Å². The molecule has 0 aliphatic carbocycles. The van der Waals surface area contributed by atoms with E-state index in [2.05, 4.69) is 18.8 Å². The summed E-state index contributed by atoms with van der Waals surface area (Å²) in [6, 6.07) is 11.2. The number of nitrogens with one attached hydrogen (secondary N) is 1. The largest absolute Gasteiger partial charge is 0.496 e. The van der Waals surface area contributed by atoms with Gasteiger partial charge in [0, 0.05) is 18.8 Å². The van der Waals surface area contributed by atoms with Crippen molar-refractivity contribution in [2.24, 2.45) is 5.92 Å². The van der Waals surface area contributed by atoms with Gasteiger partial charge in [0.25, 0.3) is 5.91 Å². The summed E-state index contributed by atoms with van der Waals surface area (Å²) in [4.78, 5) is 13.0. The number of piperidine rings is 1. The van der Waals surface area contributed by atoms with Gasteiger partial charge in [0.05, 0.1) is 17.6 Å². The number of sulfonamides is 1. The van der Waals surface area contributed by atoms with Crippen molar-refractivity contribution in [2.45, 2.75) is 24.7 Å². The number of anilines is 1. The van der Waals surface area contributed by atoms with Crippen LogP contribution in [0.1, 0.15) is 30.1 Å². The fourth-order valence-corrected chi connectivity index (χ4v) is 4.88. The highest BCUT2D eigenvalue weighted by Gasteiger charge is 2.29. The molecule has 0 atom stereocenters. The maximum Gasteiger partial charge on any atom is 0.259 e. The van der Waals surface area contributed by atoms with Gasteiger partial charge in [-0.25, -0.2) is 8.42 Å². The molecule has 0 aromatic heterocycles. The second kappa shape index (κ2) is 9.98. The molecule has 7 nitrogen and oxygen atoms in total. The molecule has 1 N–H and O–H groups in total. The van der Waals surface area contributed by atoms with Crippen LogP contribution in [0, 0.1) is 5.92 Å². The second-order valence-corrected chi connectivity index (χ2v) is 9.46. The number of hydrogen-bond donors (Lipinski definition) is 1. The number of carbonyl (C=O) groups is 1. The molecule has 0 saturated carbocycles. The van der Waals surface area contributed by atoms with E-state index in [0.29, 0.717) is 42.8 Å². The minimum atomic E-state index is -3.68. The average Bonchev–Trinajstić information content (AvgIpc) is 2.78. The minimum absolute atomic E-state index is 0.0844. The highest BCUT2D eigenvalue weighted by atomic mass is 32.2. The molecule has 0 bridgehead atoms. The smallest absolute Gasteiger partial charge is 0.259 e. The standard InChI is InChI=1S/C23H28N2O5S/c1-4-15-30-19-7-5-18(6-8-19)24-23(26)21-16-20(9-10-22(21)29-3)31(27,28)25-13-11-17(2)12-14-25/h4-10,16-17H,1,11-15H2,2-3H3,(H,24,26). The van der Waals surface area contributed by atoms with Crippen LogP contribution in [0.5, 0.6) is 11.5 Å². The normalized spacial score (nSPS) is 15.3. The van der Waals surface area contributed by atoms with E-state index in [1.807, 2.05) is 0 Å². The van der Waals surface area contributed by atoms with Crippen LogP contribution in [-0.4, -0.2) is 45.4 Å². The lowest BCUT2D eigenvalue weighted by atomic mass is 10.0. The van der Waals surface area contributed by atoms with Crippen molar-refractivity contribution in [1.29, 1.82) is 0 Å². The Morgan fingerprint density at radius 3 is 2.48 bits per heavy atom. The van der Waals surface area contributed by atoms with Gasteiger partial charge in [0.15, 0.2) is 0 Å². The lowest BCUT2D eigenvalue weighted by molar-refractivity contribution is 0.102. The number of amides is 1. The summed E-state index contributed by atoms with van der Waals surface area (Å²) in [6.45, 7) is 7.08. The van der Waals surface area contributed by atoms with Crippen LogP contribution in [0.25, 0.3) is 0 Å². The van der Waals surface area contributed by atoms with Crippen LogP contribution in [0.15, 0.2) is 60.0 Å². The van der Waals surface area contributed by atoms with Gasteiger partial charge in [0.2, 0.25) is 10.0 Å². The Morgan fingerprint density at radius 2 is 1.87 bits per heavy atom. The first-order chi connectivity index (χ1) is 14.8. The molecular formula is C23H28N2O5S. The molecule has 0 unspecified atom stereocenters. The molecule has 1 amide bonds. The number of ether oxygens (including phenoxy) is 2. The zero-order valence-corrected chi connectivity index (χ0v) is 18.7. The van der Waals surface area contributed by atoms with Crippen LogP contribution in [-0.2, 0) is 10.0 Å². The van der Waals surface area contributed by atoms with Crippen molar-refractivity contribution in [3.8, 4) is 11.5 Å². The Morgan fingerprint density at radius 1 is 1.19 bits per heavy atom. The van der Waals surface area contributed by atoms with Gasteiger partial charge in [-0.2, -0.15) is 4.31 Å². The predicted molar refractivity (Wildman–Crippen MR) is 120 cm³/mol. The number of rotatable bonds is 8. The van der Waals surface area contributed by atoms with Crippen molar-refractivity contribution in [3.63, 3.8) is 0 Å². The van der Waals surface area contributed by atoms with Crippen molar-refractivity contribution < 1.29 is 22.7 Å². The van der Waals surface area contributed by atoms with Crippen LogP contribution in [0.3, 0.4) is 0 Å². The molecule has 0 spiro atoms. The highest BCUT2D eigenvalue weighted by Crippen LogP contribution is 2.28. The minimum Gasteiger partial charge on any atom is -0.496 e. The van der Waals surface area contributed by atoms with Gasteiger partial charge in [-0.1, -0.05) is 19.6 Å². The third-order valence-corrected chi connectivity index (χ3v) is 7.17. The Hall–Kier alpha value is -2.84. The van der Waals surface area contributed by atoms with E-state index in [0.717, 1.165) is 12.8 Å². The maximum atomic E-state index is 13.1. The zero-order chi connectivity index (χ0) is 22.4. The van der Waals surface area contributed by atoms with Crippen molar-refractivity contribution in [2.75, 3.05) is 32.1 Å². The molecule has 2 aromatic rings. The molecule has 1 aliphatic rings. The summed E-state index contributed by atoms with van der Waals surface area (Å²) in [6.07, 6.45) is 3.30. The first-order valence-electron chi connectivity index (χ1n) is 10.2. The third-order valence-electron chi connectivity index (χ3n) is 5.28. The van der Waals surface area contributed by atoms with E-state index >= 15 is 0 Å². The molecule has 8 heteroatoms. The molecule has 1 fully saturated rings. The number of carbonyl (C=O) groups excluding carboxylic acids is 1. The summed E-state index contributed by atoms with van der Waals surface area (Å²) < 4.78 is 38.4. The molecule has 1 aliphatic heterocycles. The van der Waals surface area contributed by atoms with Gasteiger partial charge in [-0.15, -0.1) is 0 Å². The van der Waals surface area contributed by atoms with Crippen LogP contribution >= 0.6 is 0 Å². The molecule has 1 saturated heterocycles. The Labute approximate surface area is 183 Å². The molecule has 1 heterocycles. The maximum absolute atomic E-state index is 13.1. The summed E-state index contributed by atoms with van der Waals surface area (Å²) >= 11 is 0. The third kappa shape index (κ3) is 5.45. The molecule has 0 radical (unpaired) electrons. The van der Waals surface area contributed by atoms with E-state index in [9.17, 15) is 13.2 Å². The Kier molecular flexibility index (Phi) is 7.35. The number of hydrogen-bond acceptors (Lipinski definition) is 5. The van der Waals surface area contributed by atoms with E-state index in [1.165, 1.54) is 29.6 Å². The Bertz CT molecular complexity index is 1030. The number of nitrogens with zero attached hydrogens (tertiary/aromatic N) is 1. The molecule has 2 aromatic carbocycles. The summed E-state index contributed by atoms with van der Waals surface area (Å²) in [7, 11) is -2.24. The van der Waals surface area contributed by atoms with Crippen molar-refractivity contribution in [3.05, 3.63) is 60.7 Å². The van der Waals surface area contributed by atoms with Crippen LogP contribution in [0.4, 0.5) is 5.69 Å². The predicted octanol–water partition coefficient (Wildman–Crippen LogP) is 3.93. The molecule has 31 heavy (non-hydrogen) atoms. The average molecular weight is 445 g/mol. The quantitative estimate of drug-likeness (QED) is 0.624. The number of methoxy groups -OCH3 is 1. The lowest BCUT2D eigenvalue weighted by Gasteiger charge is -2.29. The first kappa shape index (κ1) is 22.8. The molecule has 3 rings (SSSR count). The summed E-state index contributed by atoms with van der Waals surface area (Å²) in [5.74, 6) is 1.01. The SMILES string of the molecule is C=CCOc1ccc(NC(=O)c2cc(S(=O)(=O)N3CCC(C)CC3)ccc2OC)cc1. The van der Waals surface area contributed by atoms with E-state index < -0.39 is 15.9 Å². The zero-order valence-electron chi connectivity index (χ0n) is 17.8. The van der Waals surface area contributed by atoms with Crippen LogP contribution < -0.4 is 14.8 Å². The lowest BCUT2D eigenvalue weighted by Crippen LogP contribution is -2.37. The fourth-order valence-electron chi connectivity index (χ4n) is 3.39. The topological polar surface area (TPSA) is 84.9 Å². The Balaban J connectivity index is 1.81. The van der Waals surface area contributed by atoms with E-state index in [1.54, 1.807) is 30.3 Å². The molecular weight excluding hydrogens is 416 g/mol. The molecule has 166 valence electrons. The van der Waals surface area contributed by atoms with Gasteiger partial charge in [-0.05, 0) is 61.2 Å². The van der Waals surface area contributed by atoms with E-state index in [4.69, 9.17) is 9.47 Å². The van der Waals surface area contributed by atoms with E-state index in [-0.39, 0.29) is 10.5 Å². The fraction of sp³-hybridized carbons (Fsp3) is 0.348. The van der Waals surface area contributed by atoms with Gasteiger partial charge in [-0.3, -0.25) is 4.79 Å². The summed E-state index contributed by atoms with van der Waals surface area (Å²) in [5, 5.41) is 2.78. The van der Waals surface area contributed by atoms with Crippen LogP contribution in [0.2, 0.25) is 0 Å². The first-order valence-corrected chi connectivity index (χ1v) is 11.6. The van der Waals surface area contributed by atoms with Gasteiger partial charge in [0.1, 0.15) is 18.1 Å². The second-order valence-electron chi connectivity index (χ2n) is 7.53. The highest BCUT2D eigenvalue weighted by molar-refractivity contribution is 7.89. The van der Waals surface area contributed by atoms with Crippen molar-refractivity contribution >= 4 is 21.6 Å². The number of benzene rings is 2. The van der Waals surface area contributed by atoms with Gasteiger partial charge < -0.3 is 14.8 Å².